The third-order valence-electron chi connectivity index (χ3n) is 3.10. The van der Waals surface area contributed by atoms with Gasteiger partial charge in [0.1, 0.15) is 5.60 Å². The Morgan fingerprint density at radius 2 is 2.06 bits per heavy atom. The molecule has 1 N–H and O–H groups in total. The van der Waals surface area contributed by atoms with Gasteiger partial charge in [-0.3, -0.25) is 0 Å². The molecule has 0 aromatic heterocycles. The summed E-state index contributed by atoms with van der Waals surface area (Å²) in [7, 11) is 0. The summed E-state index contributed by atoms with van der Waals surface area (Å²) in [4.78, 5) is 11.5. The highest BCUT2D eigenvalue weighted by molar-refractivity contribution is 5.67. The molecule has 96 valence electrons. The van der Waals surface area contributed by atoms with Crippen LogP contribution in [-0.4, -0.2) is 18.2 Å². The number of carbonyl (C=O) groups excluding carboxylic acids is 1. The first-order chi connectivity index (χ1) is 7.92. The topological polar surface area (TPSA) is 38.3 Å². The highest BCUT2D eigenvalue weighted by Gasteiger charge is 2.27. The van der Waals surface area contributed by atoms with Crippen molar-refractivity contribution in [1.29, 1.82) is 0 Å². The zero-order valence-corrected chi connectivity index (χ0v) is 11.1. The summed E-state index contributed by atoms with van der Waals surface area (Å²) in [5.41, 5.74) is -0.433. The van der Waals surface area contributed by atoms with Gasteiger partial charge in [-0.1, -0.05) is 6.42 Å². The SMILES string of the molecule is C#CC[C@@H]1CCC[C@H]1CNC(=O)OC(C)(C)C. The molecule has 0 saturated heterocycles. The van der Waals surface area contributed by atoms with Crippen LogP contribution in [0.3, 0.4) is 0 Å². The molecule has 0 aromatic rings. The lowest BCUT2D eigenvalue weighted by molar-refractivity contribution is 0.0516. The van der Waals surface area contributed by atoms with Crippen molar-refractivity contribution in [3.05, 3.63) is 0 Å². The Kier molecular flexibility index (Phi) is 4.86. The van der Waals surface area contributed by atoms with Crippen LogP contribution >= 0.6 is 0 Å². The molecule has 2 atom stereocenters. The normalized spacial score (nSPS) is 24.1. The van der Waals surface area contributed by atoms with Gasteiger partial charge in [0.15, 0.2) is 0 Å². The number of ether oxygens (including phenoxy) is 1. The van der Waals surface area contributed by atoms with Crippen molar-refractivity contribution >= 4 is 6.09 Å². The Morgan fingerprint density at radius 1 is 1.41 bits per heavy atom. The fourth-order valence-corrected chi connectivity index (χ4v) is 2.33. The van der Waals surface area contributed by atoms with E-state index in [-0.39, 0.29) is 6.09 Å². The second kappa shape index (κ2) is 5.95. The van der Waals surface area contributed by atoms with E-state index in [2.05, 4.69) is 11.2 Å². The Hall–Kier alpha value is -1.17. The van der Waals surface area contributed by atoms with Crippen molar-refractivity contribution < 1.29 is 9.53 Å². The van der Waals surface area contributed by atoms with Crippen molar-refractivity contribution in [3.8, 4) is 12.3 Å². The summed E-state index contributed by atoms with van der Waals surface area (Å²) in [6, 6.07) is 0. The largest absolute Gasteiger partial charge is 0.444 e. The Labute approximate surface area is 104 Å². The fraction of sp³-hybridized carbons (Fsp3) is 0.786. The fourth-order valence-electron chi connectivity index (χ4n) is 2.33. The lowest BCUT2D eigenvalue weighted by Gasteiger charge is -2.22. The van der Waals surface area contributed by atoms with Crippen LogP contribution < -0.4 is 5.32 Å². The van der Waals surface area contributed by atoms with Crippen LogP contribution in [0.2, 0.25) is 0 Å². The smallest absolute Gasteiger partial charge is 0.407 e. The van der Waals surface area contributed by atoms with Crippen LogP contribution in [-0.2, 0) is 4.74 Å². The molecule has 1 amide bonds. The zero-order valence-electron chi connectivity index (χ0n) is 11.1. The van der Waals surface area contributed by atoms with E-state index < -0.39 is 5.60 Å². The summed E-state index contributed by atoms with van der Waals surface area (Å²) >= 11 is 0. The maximum absolute atomic E-state index is 11.5. The molecule has 0 bridgehead atoms. The third-order valence-corrected chi connectivity index (χ3v) is 3.10. The Morgan fingerprint density at radius 3 is 2.65 bits per heavy atom. The van der Waals surface area contributed by atoms with E-state index in [0.717, 1.165) is 12.8 Å². The molecule has 1 saturated carbocycles. The van der Waals surface area contributed by atoms with Crippen molar-refractivity contribution in [1.82, 2.24) is 5.32 Å². The van der Waals surface area contributed by atoms with E-state index in [1.807, 2.05) is 20.8 Å². The number of alkyl carbamates (subject to hydrolysis) is 1. The first-order valence-electron chi connectivity index (χ1n) is 6.32. The van der Waals surface area contributed by atoms with Crippen molar-refractivity contribution in [2.24, 2.45) is 11.8 Å². The molecular weight excluding hydrogens is 214 g/mol. The maximum Gasteiger partial charge on any atom is 0.407 e. The quantitative estimate of drug-likeness (QED) is 0.766. The number of nitrogens with one attached hydrogen (secondary N) is 1. The number of hydrogen-bond acceptors (Lipinski definition) is 2. The van der Waals surface area contributed by atoms with Gasteiger partial charge in [0.05, 0.1) is 0 Å². The summed E-state index contributed by atoms with van der Waals surface area (Å²) in [6.07, 6.45) is 9.39. The molecule has 0 heterocycles. The second-order valence-electron chi connectivity index (χ2n) is 5.74. The lowest BCUT2D eigenvalue weighted by Crippen LogP contribution is -2.36. The third kappa shape index (κ3) is 5.12. The highest BCUT2D eigenvalue weighted by Crippen LogP contribution is 2.33. The summed E-state index contributed by atoms with van der Waals surface area (Å²) in [5.74, 6) is 3.80. The van der Waals surface area contributed by atoms with Crippen LogP contribution in [0.25, 0.3) is 0 Å². The van der Waals surface area contributed by atoms with Gasteiger partial charge in [0.25, 0.3) is 0 Å². The molecular formula is C14H23NO2. The van der Waals surface area contributed by atoms with Crippen LogP contribution in [0, 0.1) is 24.2 Å². The molecule has 0 unspecified atom stereocenters. The standard InChI is InChI=1S/C14H23NO2/c1-5-7-11-8-6-9-12(11)10-15-13(16)17-14(2,3)4/h1,11-12H,6-10H2,2-4H3,(H,15,16)/t11-,12+/m1/s1. The highest BCUT2D eigenvalue weighted by atomic mass is 16.6. The average molecular weight is 237 g/mol. The molecule has 0 spiro atoms. The molecule has 1 aliphatic carbocycles. The molecule has 1 fully saturated rings. The van der Waals surface area contributed by atoms with Gasteiger partial charge in [-0.25, -0.2) is 4.79 Å². The molecule has 3 heteroatoms. The van der Waals surface area contributed by atoms with Crippen LogP contribution in [0.15, 0.2) is 0 Å². The Balaban J connectivity index is 2.30. The van der Waals surface area contributed by atoms with Gasteiger partial charge in [-0.15, -0.1) is 12.3 Å². The van der Waals surface area contributed by atoms with E-state index in [9.17, 15) is 4.79 Å². The second-order valence-corrected chi connectivity index (χ2v) is 5.74. The Bertz CT molecular complexity index is 298. The minimum atomic E-state index is -0.433. The molecule has 1 rings (SSSR count). The minimum Gasteiger partial charge on any atom is -0.444 e. The number of terminal acetylenes is 1. The van der Waals surface area contributed by atoms with Crippen LogP contribution in [0.1, 0.15) is 46.5 Å². The maximum atomic E-state index is 11.5. The molecule has 3 nitrogen and oxygen atoms in total. The van der Waals surface area contributed by atoms with E-state index >= 15 is 0 Å². The van der Waals surface area contributed by atoms with Crippen LogP contribution in [0.5, 0.6) is 0 Å². The van der Waals surface area contributed by atoms with E-state index in [4.69, 9.17) is 11.2 Å². The number of amides is 1. The van der Waals surface area contributed by atoms with Gasteiger partial charge in [-0.05, 0) is 45.4 Å². The van der Waals surface area contributed by atoms with Gasteiger partial charge < -0.3 is 10.1 Å². The predicted molar refractivity (Wildman–Crippen MR) is 68.5 cm³/mol. The van der Waals surface area contributed by atoms with E-state index in [1.54, 1.807) is 0 Å². The van der Waals surface area contributed by atoms with Crippen molar-refractivity contribution in [3.63, 3.8) is 0 Å². The summed E-state index contributed by atoms with van der Waals surface area (Å²) in [6.45, 7) is 6.27. The predicted octanol–water partition coefficient (Wildman–Crippen LogP) is 2.95. The molecule has 0 aliphatic heterocycles. The molecule has 0 radical (unpaired) electrons. The van der Waals surface area contributed by atoms with Crippen LogP contribution in [0.4, 0.5) is 4.79 Å². The van der Waals surface area contributed by atoms with Crippen molar-refractivity contribution in [2.45, 2.75) is 52.1 Å². The first kappa shape index (κ1) is 13.9. The molecule has 17 heavy (non-hydrogen) atoms. The van der Waals surface area contributed by atoms with Gasteiger partial charge in [-0.2, -0.15) is 0 Å². The number of rotatable bonds is 3. The monoisotopic (exact) mass is 237 g/mol. The molecule has 0 aromatic carbocycles. The summed E-state index contributed by atoms with van der Waals surface area (Å²) in [5, 5.41) is 2.84. The van der Waals surface area contributed by atoms with Gasteiger partial charge in [0.2, 0.25) is 0 Å². The van der Waals surface area contributed by atoms with Gasteiger partial charge >= 0.3 is 6.09 Å². The van der Waals surface area contributed by atoms with Crippen molar-refractivity contribution in [2.75, 3.05) is 6.54 Å². The number of carbonyl (C=O) groups is 1. The van der Waals surface area contributed by atoms with E-state index in [0.29, 0.717) is 18.4 Å². The minimum absolute atomic E-state index is 0.330. The summed E-state index contributed by atoms with van der Waals surface area (Å²) < 4.78 is 5.20. The lowest BCUT2D eigenvalue weighted by atomic mass is 9.93. The van der Waals surface area contributed by atoms with E-state index in [1.165, 1.54) is 12.8 Å². The average Bonchev–Trinajstić information content (AvgIpc) is 2.60. The molecule has 1 aliphatic rings. The van der Waals surface area contributed by atoms with Gasteiger partial charge in [0, 0.05) is 13.0 Å². The number of hydrogen-bond donors (Lipinski definition) is 1. The first-order valence-corrected chi connectivity index (χ1v) is 6.32. The zero-order chi connectivity index (χ0) is 12.9.